The molecule has 0 aliphatic rings. The number of anilines is 1. The van der Waals surface area contributed by atoms with Gasteiger partial charge >= 0.3 is 0 Å². The summed E-state index contributed by atoms with van der Waals surface area (Å²) in [4.78, 5) is 4.25. The Balaban J connectivity index is 2.73. The molecule has 0 fully saturated rings. The van der Waals surface area contributed by atoms with Crippen LogP contribution in [0.5, 0.6) is 0 Å². The molecule has 0 saturated carbocycles. The predicted molar refractivity (Wildman–Crippen MR) is 59.4 cm³/mol. The summed E-state index contributed by atoms with van der Waals surface area (Å²) in [6.07, 6.45) is 1.01. The van der Waals surface area contributed by atoms with Crippen molar-refractivity contribution < 1.29 is 0 Å². The van der Waals surface area contributed by atoms with E-state index >= 15 is 0 Å². The van der Waals surface area contributed by atoms with Gasteiger partial charge in [0.1, 0.15) is 0 Å². The molecule has 0 saturated heterocycles. The Hall–Kier alpha value is -1.22. The number of nitrogens with zero attached hydrogens (tertiary/aromatic N) is 2. The second-order valence-electron chi connectivity index (χ2n) is 3.23. The molecule has 2 aromatic rings. The Labute approximate surface area is 87.5 Å². The van der Waals surface area contributed by atoms with Gasteiger partial charge in [-0.05, 0) is 18.6 Å². The fourth-order valence-electron chi connectivity index (χ4n) is 1.61. The largest absolute Gasteiger partial charge is 0.369 e. The van der Waals surface area contributed by atoms with Gasteiger partial charge in [-0.15, -0.1) is 0 Å². The minimum atomic E-state index is 0.537. The second-order valence-corrected chi connectivity index (χ2v) is 3.64. The predicted octanol–water partition coefficient (Wildman–Crippen LogP) is 2.68. The molecule has 3 nitrogen and oxygen atoms in total. The highest BCUT2D eigenvalue weighted by Gasteiger charge is 2.09. The minimum Gasteiger partial charge on any atom is -0.369 e. The Morgan fingerprint density at radius 2 is 2.29 bits per heavy atom. The van der Waals surface area contributed by atoms with E-state index in [0.29, 0.717) is 11.0 Å². The molecule has 0 spiro atoms. The molecule has 0 amide bonds. The molecule has 0 aliphatic carbocycles. The SMILES string of the molecule is CCCn1c(N)nc2cccc(Cl)c21. The van der Waals surface area contributed by atoms with Crippen LogP contribution in [-0.4, -0.2) is 9.55 Å². The Kier molecular flexibility index (Phi) is 2.33. The summed E-state index contributed by atoms with van der Waals surface area (Å²) in [6, 6.07) is 5.66. The van der Waals surface area contributed by atoms with Crippen molar-refractivity contribution in [3.63, 3.8) is 0 Å². The standard InChI is InChI=1S/C10H12ClN3/c1-2-6-14-9-7(11)4-3-5-8(9)13-10(14)12/h3-5H,2,6H2,1H3,(H2,12,13). The van der Waals surface area contributed by atoms with Crippen molar-refractivity contribution in [1.29, 1.82) is 0 Å². The van der Waals surface area contributed by atoms with E-state index in [4.69, 9.17) is 17.3 Å². The lowest BCUT2D eigenvalue weighted by molar-refractivity contribution is 0.707. The maximum absolute atomic E-state index is 6.09. The summed E-state index contributed by atoms with van der Waals surface area (Å²) >= 11 is 6.09. The van der Waals surface area contributed by atoms with Crippen LogP contribution in [0, 0.1) is 0 Å². The van der Waals surface area contributed by atoms with Crippen LogP contribution in [0.4, 0.5) is 5.95 Å². The van der Waals surface area contributed by atoms with Crippen LogP contribution in [0.15, 0.2) is 18.2 Å². The maximum Gasteiger partial charge on any atom is 0.201 e. The molecule has 0 aliphatic heterocycles. The van der Waals surface area contributed by atoms with E-state index in [0.717, 1.165) is 24.0 Å². The number of para-hydroxylation sites is 1. The van der Waals surface area contributed by atoms with Crippen LogP contribution in [0.25, 0.3) is 11.0 Å². The lowest BCUT2D eigenvalue weighted by Crippen LogP contribution is -2.02. The van der Waals surface area contributed by atoms with E-state index in [2.05, 4.69) is 11.9 Å². The summed E-state index contributed by atoms with van der Waals surface area (Å²) in [5.41, 5.74) is 7.60. The van der Waals surface area contributed by atoms with Gasteiger partial charge in [-0.2, -0.15) is 0 Å². The summed E-state index contributed by atoms with van der Waals surface area (Å²) in [5.74, 6) is 0.537. The number of nitrogen functional groups attached to an aromatic ring is 1. The molecule has 2 N–H and O–H groups in total. The molecule has 1 heterocycles. The fraction of sp³-hybridized carbons (Fsp3) is 0.300. The molecule has 1 aromatic heterocycles. The van der Waals surface area contributed by atoms with Crippen molar-refractivity contribution in [2.75, 3.05) is 5.73 Å². The van der Waals surface area contributed by atoms with Crippen LogP contribution in [-0.2, 0) is 6.54 Å². The third-order valence-corrected chi connectivity index (χ3v) is 2.50. The van der Waals surface area contributed by atoms with Gasteiger partial charge in [-0.3, -0.25) is 0 Å². The van der Waals surface area contributed by atoms with Gasteiger partial charge in [-0.1, -0.05) is 24.6 Å². The number of imidazole rings is 1. The van der Waals surface area contributed by atoms with E-state index in [1.165, 1.54) is 0 Å². The van der Waals surface area contributed by atoms with Gasteiger partial charge in [0.2, 0.25) is 5.95 Å². The quantitative estimate of drug-likeness (QED) is 0.827. The molecule has 14 heavy (non-hydrogen) atoms. The van der Waals surface area contributed by atoms with Crippen LogP contribution >= 0.6 is 11.6 Å². The van der Waals surface area contributed by atoms with E-state index in [1.807, 2.05) is 22.8 Å². The average molecular weight is 210 g/mol. The van der Waals surface area contributed by atoms with Crippen LogP contribution in [0.1, 0.15) is 13.3 Å². The van der Waals surface area contributed by atoms with Crippen molar-refractivity contribution in [2.45, 2.75) is 19.9 Å². The Morgan fingerprint density at radius 3 is 3.00 bits per heavy atom. The molecule has 0 unspecified atom stereocenters. The van der Waals surface area contributed by atoms with Gasteiger partial charge < -0.3 is 10.3 Å². The zero-order valence-corrected chi connectivity index (χ0v) is 8.75. The molecule has 0 bridgehead atoms. The van der Waals surface area contributed by atoms with Crippen molar-refractivity contribution >= 4 is 28.6 Å². The Bertz CT molecular complexity index is 462. The highest BCUT2D eigenvalue weighted by Crippen LogP contribution is 2.25. The topological polar surface area (TPSA) is 43.8 Å². The molecule has 2 rings (SSSR count). The van der Waals surface area contributed by atoms with Gasteiger partial charge in [0.05, 0.1) is 16.1 Å². The zero-order chi connectivity index (χ0) is 10.1. The van der Waals surface area contributed by atoms with Crippen LogP contribution in [0.2, 0.25) is 5.02 Å². The second kappa shape index (κ2) is 3.50. The average Bonchev–Trinajstić information content (AvgIpc) is 2.45. The fourth-order valence-corrected chi connectivity index (χ4v) is 1.88. The van der Waals surface area contributed by atoms with Crippen LogP contribution < -0.4 is 5.73 Å². The zero-order valence-electron chi connectivity index (χ0n) is 8.00. The molecular weight excluding hydrogens is 198 g/mol. The number of aryl methyl sites for hydroxylation is 1. The summed E-state index contributed by atoms with van der Waals surface area (Å²) in [7, 11) is 0. The number of aromatic nitrogens is 2. The number of rotatable bonds is 2. The normalized spacial score (nSPS) is 11.0. The monoisotopic (exact) mass is 209 g/mol. The first-order valence-electron chi connectivity index (χ1n) is 4.64. The first-order chi connectivity index (χ1) is 6.74. The Morgan fingerprint density at radius 1 is 1.50 bits per heavy atom. The molecule has 4 heteroatoms. The summed E-state index contributed by atoms with van der Waals surface area (Å²) in [5, 5.41) is 0.708. The van der Waals surface area contributed by atoms with Gasteiger partial charge in [0, 0.05) is 6.54 Å². The van der Waals surface area contributed by atoms with Crippen LogP contribution in [0.3, 0.4) is 0 Å². The minimum absolute atomic E-state index is 0.537. The van der Waals surface area contributed by atoms with Gasteiger partial charge in [0.15, 0.2) is 0 Å². The number of benzene rings is 1. The molecule has 0 atom stereocenters. The molecule has 74 valence electrons. The third-order valence-electron chi connectivity index (χ3n) is 2.19. The lowest BCUT2D eigenvalue weighted by atomic mass is 10.3. The number of halogens is 1. The van der Waals surface area contributed by atoms with Gasteiger partial charge in [0.25, 0.3) is 0 Å². The maximum atomic E-state index is 6.09. The van der Waals surface area contributed by atoms with Crippen molar-refractivity contribution in [2.24, 2.45) is 0 Å². The first-order valence-corrected chi connectivity index (χ1v) is 5.02. The number of hydrogen-bond acceptors (Lipinski definition) is 2. The van der Waals surface area contributed by atoms with Gasteiger partial charge in [-0.25, -0.2) is 4.98 Å². The van der Waals surface area contributed by atoms with E-state index < -0.39 is 0 Å². The van der Waals surface area contributed by atoms with Crippen molar-refractivity contribution in [3.8, 4) is 0 Å². The van der Waals surface area contributed by atoms with E-state index in [-0.39, 0.29) is 0 Å². The molecule has 1 aromatic carbocycles. The smallest absolute Gasteiger partial charge is 0.201 e. The molecule has 0 radical (unpaired) electrons. The number of fused-ring (bicyclic) bond motifs is 1. The first kappa shape index (κ1) is 9.34. The highest BCUT2D eigenvalue weighted by molar-refractivity contribution is 6.35. The highest BCUT2D eigenvalue weighted by atomic mass is 35.5. The summed E-state index contributed by atoms with van der Waals surface area (Å²) < 4.78 is 1.96. The molecular formula is C10H12ClN3. The number of nitrogens with two attached hydrogens (primary N) is 1. The third kappa shape index (κ3) is 1.34. The lowest BCUT2D eigenvalue weighted by Gasteiger charge is -2.04. The van der Waals surface area contributed by atoms with E-state index in [1.54, 1.807) is 0 Å². The van der Waals surface area contributed by atoms with E-state index in [9.17, 15) is 0 Å². The van der Waals surface area contributed by atoms with Crippen molar-refractivity contribution in [1.82, 2.24) is 9.55 Å². The van der Waals surface area contributed by atoms with Crippen molar-refractivity contribution in [3.05, 3.63) is 23.2 Å². The number of hydrogen-bond donors (Lipinski definition) is 1. The summed E-state index contributed by atoms with van der Waals surface area (Å²) in [6.45, 7) is 2.95.